The van der Waals surface area contributed by atoms with Crippen LogP contribution < -0.4 is 5.32 Å². The van der Waals surface area contributed by atoms with Gasteiger partial charge in [-0.2, -0.15) is 0 Å². The van der Waals surface area contributed by atoms with E-state index in [9.17, 15) is 9.59 Å². The number of hydrogen-bond acceptors (Lipinski definition) is 2. The summed E-state index contributed by atoms with van der Waals surface area (Å²) in [5, 5.41) is 2.94. The minimum absolute atomic E-state index is 0.0559. The average Bonchev–Trinajstić information content (AvgIpc) is 2.55. The lowest BCUT2D eigenvalue weighted by atomic mass is 9.75. The number of urea groups is 1. The second-order valence-corrected chi connectivity index (χ2v) is 8.29. The maximum atomic E-state index is 12.5. The molecule has 1 saturated heterocycles. The van der Waals surface area contributed by atoms with Crippen LogP contribution in [0.25, 0.3) is 0 Å². The number of benzene rings is 1. The fourth-order valence-corrected chi connectivity index (χ4v) is 3.32. The van der Waals surface area contributed by atoms with E-state index in [1.54, 1.807) is 25.1 Å². The molecule has 0 radical (unpaired) electrons. The number of hydrogen-bond donors (Lipinski definition) is 1. The summed E-state index contributed by atoms with van der Waals surface area (Å²) in [5.74, 6) is 0.597. The van der Waals surface area contributed by atoms with Gasteiger partial charge in [-0.3, -0.25) is 4.79 Å². The maximum absolute atomic E-state index is 12.5. The second kappa shape index (κ2) is 7.46. The molecule has 0 spiro atoms. The third-order valence-electron chi connectivity index (χ3n) is 5.13. The molecular weight excluding hydrogens is 314 g/mol. The first-order chi connectivity index (χ1) is 11.6. The molecule has 0 aliphatic carbocycles. The smallest absolute Gasteiger partial charge is 0.321 e. The predicted octanol–water partition coefficient (Wildman–Crippen LogP) is 3.99. The molecule has 0 saturated carbocycles. The molecule has 1 aromatic rings. The Hall–Kier alpha value is -2.04. The summed E-state index contributed by atoms with van der Waals surface area (Å²) < 4.78 is 0. The van der Waals surface area contributed by atoms with E-state index in [0.29, 0.717) is 22.6 Å². The Morgan fingerprint density at radius 3 is 2.28 bits per heavy atom. The zero-order chi connectivity index (χ0) is 18.8. The van der Waals surface area contributed by atoms with Crippen LogP contribution in [0.2, 0.25) is 0 Å². The summed E-state index contributed by atoms with van der Waals surface area (Å²) in [6.07, 6.45) is 2.07. The number of carbonyl (C=O) groups excluding carboxylic acids is 2. The average molecular weight is 345 g/mol. The zero-order valence-electron chi connectivity index (χ0n) is 16.3. The third kappa shape index (κ3) is 4.74. The normalized spacial score (nSPS) is 15.8. The molecule has 5 heteroatoms. The van der Waals surface area contributed by atoms with Crippen LogP contribution >= 0.6 is 0 Å². The van der Waals surface area contributed by atoms with E-state index in [1.165, 1.54) is 0 Å². The molecular formula is C20H31N3O2. The summed E-state index contributed by atoms with van der Waals surface area (Å²) >= 11 is 0. The van der Waals surface area contributed by atoms with Crippen molar-refractivity contribution in [1.29, 1.82) is 0 Å². The van der Waals surface area contributed by atoms with Gasteiger partial charge in [-0.05, 0) is 48.8 Å². The molecule has 1 aliphatic heterocycles. The van der Waals surface area contributed by atoms with Gasteiger partial charge in [-0.15, -0.1) is 0 Å². The number of rotatable bonds is 2. The lowest BCUT2D eigenvalue weighted by Crippen LogP contribution is -2.43. The molecule has 1 aliphatic rings. The van der Waals surface area contributed by atoms with Crippen LogP contribution in [0.3, 0.4) is 0 Å². The molecule has 0 bridgehead atoms. The Morgan fingerprint density at radius 1 is 1.16 bits per heavy atom. The Bertz CT molecular complexity index is 639. The molecule has 138 valence electrons. The van der Waals surface area contributed by atoms with Gasteiger partial charge >= 0.3 is 6.03 Å². The van der Waals surface area contributed by atoms with Crippen LogP contribution in [0, 0.1) is 18.3 Å². The predicted molar refractivity (Wildman–Crippen MR) is 102 cm³/mol. The van der Waals surface area contributed by atoms with E-state index >= 15 is 0 Å². The number of nitrogens with one attached hydrogen (secondary N) is 1. The van der Waals surface area contributed by atoms with Crippen molar-refractivity contribution >= 4 is 17.6 Å². The minimum Gasteiger partial charge on any atom is -0.345 e. The van der Waals surface area contributed by atoms with E-state index in [0.717, 1.165) is 31.5 Å². The SMILES string of the molecule is Cc1ccc(NC(=O)N2CCC(C(C)(C)C)CC2)cc1C(=O)N(C)C. The van der Waals surface area contributed by atoms with E-state index < -0.39 is 0 Å². The number of anilines is 1. The fraction of sp³-hybridized carbons (Fsp3) is 0.600. The highest BCUT2D eigenvalue weighted by molar-refractivity contribution is 5.97. The Kier molecular flexibility index (Phi) is 5.76. The standard InChI is InChI=1S/C20H31N3O2/c1-14-7-8-16(13-17(14)18(24)22(5)6)21-19(25)23-11-9-15(10-12-23)20(2,3)4/h7-8,13,15H,9-12H2,1-6H3,(H,21,25). The zero-order valence-corrected chi connectivity index (χ0v) is 16.3. The van der Waals surface area contributed by atoms with Crippen LogP contribution in [-0.2, 0) is 0 Å². The van der Waals surface area contributed by atoms with E-state index in [4.69, 9.17) is 0 Å². The van der Waals surface area contributed by atoms with Crippen LogP contribution in [0.1, 0.15) is 49.5 Å². The molecule has 1 fully saturated rings. The fourth-order valence-electron chi connectivity index (χ4n) is 3.32. The first-order valence-electron chi connectivity index (χ1n) is 8.98. The van der Waals surface area contributed by atoms with Crippen molar-refractivity contribution in [3.63, 3.8) is 0 Å². The Balaban J connectivity index is 2.02. The number of carbonyl (C=O) groups is 2. The van der Waals surface area contributed by atoms with Crippen molar-refractivity contribution < 1.29 is 9.59 Å². The number of piperidine rings is 1. The highest BCUT2D eigenvalue weighted by Gasteiger charge is 2.30. The summed E-state index contributed by atoms with van der Waals surface area (Å²) in [6.45, 7) is 10.3. The van der Waals surface area contributed by atoms with E-state index in [2.05, 4.69) is 26.1 Å². The van der Waals surface area contributed by atoms with Crippen molar-refractivity contribution in [3.8, 4) is 0 Å². The largest absolute Gasteiger partial charge is 0.345 e. The van der Waals surface area contributed by atoms with Gasteiger partial charge in [0.25, 0.3) is 5.91 Å². The number of likely N-dealkylation sites (tertiary alicyclic amines) is 1. The molecule has 3 amide bonds. The first kappa shape index (κ1) is 19.3. The van der Waals surface area contributed by atoms with Crippen LogP contribution in [-0.4, -0.2) is 48.9 Å². The van der Waals surface area contributed by atoms with Crippen LogP contribution in [0.5, 0.6) is 0 Å². The topological polar surface area (TPSA) is 52.7 Å². The van der Waals surface area contributed by atoms with Crippen molar-refractivity contribution in [2.45, 2.75) is 40.5 Å². The number of nitrogens with zero attached hydrogens (tertiary/aromatic N) is 2. The van der Waals surface area contributed by atoms with Gasteiger partial charge in [0.05, 0.1) is 0 Å². The highest BCUT2D eigenvalue weighted by atomic mass is 16.2. The van der Waals surface area contributed by atoms with Crippen LogP contribution in [0.4, 0.5) is 10.5 Å². The van der Waals surface area contributed by atoms with E-state index in [1.807, 2.05) is 24.0 Å². The lowest BCUT2D eigenvalue weighted by molar-refractivity contribution is 0.0827. The first-order valence-corrected chi connectivity index (χ1v) is 8.98. The molecule has 0 aromatic heterocycles. The van der Waals surface area contributed by atoms with Gasteiger partial charge in [-0.1, -0.05) is 26.8 Å². The minimum atomic E-state index is -0.0838. The van der Waals surface area contributed by atoms with Gasteiger partial charge in [0, 0.05) is 38.4 Å². The van der Waals surface area contributed by atoms with Crippen LogP contribution in [0.15, 0.2) is 18.2 Å². The third-order valence-corrected chi connectivity index (χ3v) is 5.13. The van der Waals surface area contributed by atoms with Gasteiger partial charge in [0.1, 0.15) is 0 Å². The van der Waals surface area contributed by atoms with E-state index in [-0.39, 0.29) is 11.9 Å². The Morgan fingerprint density at radius 2 is 1.76 bits per heavy atom. The van der Waals surface area contributed by atoms with Crippen molar-refractivity contribution in [2.75, 3.05) is 32.5 Å². The molecule has 1 N–H and O–H groups in total. The molecule has 1 aromatic carbocycles. The van der Waals surface area contributed by atoms with Gasteiger partial charge in [0.2, 0.25) is 0 Å². The lowest BCUT2D eigenvalue weighted by Gasteiger charge is -2.38. The van der Waals surface area contributed by atoms with Crippen molar-refractivity contribution in [3.05, 3.63) is 29.3 Å². The van der Waals surface area contributed by atoms with Gasteiger partial charge in [0.15, 0.2) is 0 Å². The maximum Gasteiger partial charge on any atom is 0.321 e. The number of aryl methyl sites for hydroxylation is 1. The van der Waals surface area contributed by atoms with Gasteiger partial charge in [-0.25, -0.2) is 4.79 Å². The second-order valence-electron chi connectivity index (χ2n) is 8.29. The summed E-state index contributed by atoms with van der Waals surface area (Å²) in [4.78, 5) is 28.2. The molecule has 25 heavy (non-hydrogen) atoms. The molecule has 0 atom stereocenters. The molecule has 1 heterocycles. The molecule has 0 unspecified atom stereocenters. The summed E-state index contributed by atoms with van der Waals surface area (Å²) in [5.41, 5.74) is 2.48. The summed E-state index contributed by atoms with van der Waals surface area (Å²) in [6, 6.07) is 5.40. The summed E-state index contributed by atoms with van der Waals surface area (Å²) in [7, 11) is 3.46. The van der Waals surface area contributed by atoms with Crippen molar-refractivity contribution in [2.24, 2.45) is 11.3 Å². The van der Waals surface area contributed by atoms with Crippen molar-refractivity contribution in [1.82, 2.24) is 9.80 Å². The van der Waals surface area contributed by atoms with Gasteiger partial charge < -0.3 is 15.1 Å². The highest BCUT2D eigenvalue weighted by Crippen LogP contribution is 2.34. The molecule has 2 rings (SSSR count). The molecule has 5 nitrogen and oxygen atoms in total. The monoisotopic (exact) mass is 345 g/mol. The quantitative estimate of drug-likeness (QED) is 0.881. The number of amides is 3. The Labute approximate surface area is 151 Å².